The number of amides is 1. The van der Waals surface area contributed by atoms with Crippen molar-refractivity contribution in [3.8, 4) is 0 Å². The highest BCUT2D eigenvalue weighted by molar-refractivity contribution is 5.74. The standard InChI is InChI=1S/C8H17NO2/c1-6-7(10)9(5)11-8(2,3)4/h6H2,1-5H3. The molecule has 0 aliphatic carbocycles. The molecule has 0 aromatic heterocycles. The molecule has 0 spiro atoms. The first-order valence-corrected chi connectivity index (χ1v) is 3.82. The van der Waals surface area contributed by atoms with Gasteiger partial charge in [-0.3, -0.25) is 9.63 Å². The third-order valence-electron chi connectivity index (χ3n) is 1.06. The Morgan fingerprint density at radius 2 is 1.91 bits per heavy atom. The van der Waals surface area contributed by atoms with E-state index in [9.17, 15) is 4.79 Å². The molecule has 0 fully saturated rings. The molecule has 0 aliphatic rings. The van der Waals surface area contributed by atoms with Gasteiger partial charge in [-0.2, -0.15) is 0 Å². The highest BCUT2D eigenvalue weighted by Crippen LogP contribution is 2.09. The highest BCUT2D eigenvalue weighted by Gasteiger charge is 2.16. The Labute approximate surface area is 68.3 Å². The maximum atomic E-state index is 11.0. The second-order valence-electron chi connectivity index (χ2n) is 3.45. The first-order valence-electron chi connectivity index (χ1n) is 3.82. The largest absolute Gasteiger partial charge is 0.273 e. The van der Waals surface area contributed by atoms with Crippen LogP contribution in [-0.2, 0) is 9.63 Å². The van der Waals surface area contributed by atoms with Gasteiger partial charge < -0.3 is 0 Å². The zero-order chi connectivity index (χ0) is 9.07. The van der Waals surface area contributed by atoms with E-state index in [2.05, 4.69) is 0 Å². The minimum atomic E-state index is -0.292. The summed E-state index contributed by atoms with van der Waals surface area (Å²) in [7, 11) is 1.64. The Morgan fingerprint density at radius 3 is 2.18 bits per heavy atom. The van der Waals surface area contributed by atoms with Gasteiger partial charge in [0, 0.05) is 13.5 Å². The lowest BCUT2D eigenvalue weighted by Crippen LogP contribution is -2.34. The molecule has 11 heavy (non-hydrogen) atoms. The third kappa shape index (κ3) is 4.79. The zero-order valence-corrected chi connectivity index (χ0v) is 7.97. The van der Waals surface area contributed by atoms with Crippen molar-refractivity contribution in [1.82, 2.24) is 5.06 Å². The van der Waals surface area contributed by atoms with Crippen LogP contribution in [0.4, 0.5) is 0 Å². The van der Waals surface area contributed by atoms with Crippen LogP contribution in [0.3, 0.4) is 0 Å². The minimum Gasteiger partial charge on any atom is -0.273 e. The summed E-state index contributed by atoms with van der Waals surface area (Å²) in [5.74, 6) is -0.0000694. The molecule has 0 saturated carbocycles. The number of hydrogen-bond donors (Lipinski definition) is 0. The van der Waals surface area contributed by atoms with Crippen LogP contribution >= 0.6 is 0 Å². The summed E-state index contributed by atoms with van der Waals surface area (Å²) in [6.07, 6.45) is 0.479. The van der Waals surface area contributed by atoms with Crippen LogP contribution in [0.1, 0.15) is 34.1 Å². The fraction of sp³-hybridized carbons (Fsp3) is 0.875. The molecule has 0 atom stereocenters. The highest BCUT2D eigenvalue weighted by atomic mass is 16.7. The number of carbonyl (C=O) groups is 1. The van der Waals surface area contributed by atoms with E-state index >= 15 is 0 Å². The van der Waals surface area contributed by atoms with Gasteiger partial charge in [-0.25, -0.2) is 5.06 Å². The van der Waals surface area contributed by atoms with Gasteiger partial charge >= 0.3 is 0 Å². The molecule has 3 heteroatoms. The summed E-state index contributed by atoms with van der Waals surface area (Å²) < 4.78 is 0. The lowest BCUT2D eigenvalue weighted by Gasteiger charge is -2.26. The van der Waals surface area contributed by atoms with Crippen LogP contribution in [0.5, 0.6) is 0 Å². The lowest BCUT2D eigenvalue weighted by molar-refractivity contribution is -0.216. The molecule has 1 amide bonds. The first kappa shape index (κ1) is 10.4. The maximum Gasteiger partial charge on any atom is 0.245 e. The number of hydrogen-bond acceptors (Lipinski definition) is 2. The average molecular weight is 159 g/mol. The zero-order valence-electron chi connectivity index (χ0n) is 7.97. The summed E-state index contributed by atoms with van der Waals surface area (Å²) in [4.78, 5) is 16.3. The second kappa shape index (κ2) is 3.72. The van der Waals surface area contributed by atoms with E-state index < -0.39 is 0 Å². The Hall–Kier alpha value is -0.570. The van der Waals surface area contributed by atoms with Crippen molar-refractivity contribution in [3.63, 3.8) is 0 Å². The number of hydroxylamine groups is 2. The number of rotatable bonds is 2. The Morgan fingerprint density at radius 1 is 1.45 bits per heavy atom. The van der Waals surface area contributed by atoms with E-state index in [0.29, 0.717) is 6.42 Å². The molecule has 0 rings (SSSR count). The molecule has 0 aromatic rings. The van der Waals surface area contributed by atoms with Gasteiger partial charge in [0.1, 0.15) is 0 Å². The topological polar surface area (TPSA) is 29.5 Å². The molecule has 3 nitrogen and oxygen atoms in total. The van der Waals surface area contributed by atoms with Crippen LogP contribution in [0.25, 0.3) is 0 Å². The van der Waals surface area contributed by atoms with Gasteiger partial charge in [0.2, 0.25) is 5.91 Å². The Kier molecular flexibility index (Phi) is 3.52. The molecule has 0 radical (unpaired) electrons. The normalized spacial score (nSPS) is 11.4. The molecule has 0 heterocycles. The Bertz CT molecular complexity index is 138. The molecule has 0 bridgehead atoms. The molecule has 0 aliphatic heterocycles. The predicted molar refractivity (Wildman–Crippen MR) is 43.9 cm³/mol. The molecular formula is C8H17NO2. The van der Waals surface area contributed by atoms with Crippen molar-refractivity contribution in [2.24, 2.45) is 0 Å². The third-order valence-corrected chi connectivity index (χ3v) is 1.06. The fourth-order valence-corrected chi connectivity index (χ4v) is 0.684. The van der Waals surface area contributed by atoms with Gasteiger partial charge in [-0.05, 0) is 20.8 Å². The van der Waals surface area contributed by atoms with Crippen LogP contribution < -0.4 is 0 Å². The molecule has 0 N–H and O–H groups in total. The number of nitrogens with zero attached hydrogens (tertiary/aromatic N) is 1. The summed E-state index contributed by atoms with van der Waals surface area (Å²) in [6.45, 7) is 7.54. The van der Waals surface area contributed by atoms with Crippen molar-refractivity contribution in [1.29, 1.82) is 0 Å². The van der Waals surface area contributed by atoms with E-state index in [1.54, 1.807) is 7.05 Å². The van der Waals surface area contributed by atoms with Gasteiger partial charge in [0.05, 0.1) is 5.60 Å². The van der Waals surface area contributed by atoms with E-state index in [-0.39, 0.29) is 11.5 Å². The van der Waals surface area contributed by atoms with Crippen molar-refractivity contribution in [3.05, 3.63) is 0 Å². The fourth-order valence-electron chi connectivity index (χ4n) is 0.684. The van der Waals surface area contributed by atoms with Crippen LogP contribution in [0.15, 0.2) is 0 Å². The van der Waals surface area contributed by atoms with Gasteiger partial charge in [0.15, 0.2) is 0 Å². The van der Waals surface area contributed by atoms with E-state index in [4.69, 9.17) is 4.84 Å². The smallest absolute Gasteiger partial charge is 0.245 e. The molecule has 0 unspecified atom stereocenters. The monoisotopic (exact) mass is 159 g/mol. The van der Waals surface area contributed by atoms with Crippen molar-refractivity contribution in [2.75, 3.05) is 7.05 Å². The number of carbonyl (C=O) groups excluding carboxylic acids is 1. The van der Waals surface area contributed by atoms with Crippen LogP contribution in [-0.4, -0.2) is 23.6 Å². The lowest BCUT2D eigenvalue weighted by atomic mass is 10.2. The van der Waals surface area contributed by atoms with Crippen molar-refractivity contribution >= 4 is 5.91 Å². The van der Waals surface area contributed by atoms with Gasteiger partial charge in [-0.1, -0.05) is 6.92 Å². The van der Waals surface area contributed by atoms with Crippen molar-refractivity contribution in [2.45, 2.75) is 39.7 Å². The predicted octanol–water partition coefficient (Wildman–Crippen LogP) is 1.58. The maximum absolute atomic E-state index is 11.0. The summed E-state index contributed by atoms with van der Waals surface area (Å²) in [5, 5.41) is 1.29. The van der Waals surface area contributed by atoms with Gasteiger partial charge in [0.25, 0.3) is 0 Å². The summed E-state index contributed by atoms with van der Waals surface area (Å²) in [5.41, 5.74) is -0.292. The molecular weight excluding hydrogens is 142 g/mol. The van der Waals surface area contributed by atoms with E-state index in [1.165, 1.54) is 5.06 Å². The summed E-state index contributed by atoms with van der Waals surface area (Å²) in [6, 6.07) is 0. The molecule has 66 valence electrons. The Balaban J connectivity index is 3.87. The van der Waals surface area contributed by atoms with E-state index in [0.717, 1.165) is 0 Å². The first-order chi connectivity index (χ1) is 4.87. The summed E-state index contributed by atoms with van der Waals surface area (Å²) >= 11 is 0. The van der Waals surface area contributed by atoms with Gasteiger partial charge in [-0.15, -0.1) is 0 Å². The molecule has 0 saturated heterocycles. The SMILES string of the molecule is CCC(=O)N(C)OC(C)(C)C. The quantitative estimate of drug-likeness (QED) is 0.572. The van der Waals surface area contributed by atoms with Crippen LogP contribution in [0.2, 0.25) is 0 Å². The minimum absolute atomic E-state index is 0.0000694. The van der Waals surface area contributed by atoms with Crippen LogP contribution in [0, 0.1) is 0 Å². The van der Waals surface area contributed by atoms with Crippen molar-refractivity contribution < 1.29 is 9.63 Å². The second-order valence-corrected chi connectivity index (χ2v) is 3.45. The molecule has 0 aromatic carbocycles. The average Bonchev–Trinajstić information content (AvgIpc) is 1.82. The van der Waals surface area contributed by atoms with E-state index in [1.807, 2.05) is 27.7 Å².